The number of nitrogen functional groups attached to an aromatic ring is 1. The molecule has 140 valence electrons. The van der Waals surface area contributed by atoms with Gasteiger partial charge in [-0.3, -0.25) is 0 Å². The number of nitrogens with zero attached hydrogens (tertiary/aromatic N) is 3. The number of imidazole rings is 1. The molecular formula is C19H20N4O3S. The molecule has 2 aromatic carbocycles. The third-order valence-corrected chi connectivity index (χ3v) is 5.34. The molecule has 0 aliphatic heterocycles. The fraction of sp³-hybridized carbons (Fsp3) is 0.158. The van der Waals surface area contributed by atoms with Crippen molar-refractivity contribution in [3.63, 3.8) is 0 Å². The molecule has 1 atom stereocenters. The van der Waals surface area contributed by atoms with Crippen molar-refractivity contribution in [1.29, 1.82) is 0 Å². The minimum atomic E-state index is -1.49. The van der Waals surface area contributed by atoms with Crippen LogP contribution >= 0.6 is 0 Å². The van der Waals surface area contributed by atoms with Crippen molar-refractivity contribution in [2.24, 2.45) is 5.10 Å². The summed E-state index contributed by atoms with van der Waals surface area (Å²) in [5.41, 5.74) is 7.28. The average molecular weight is 384 g/mol. The first-order valence-corrected chi connectivity index (χ1v) is 9.27. The van der Waals surface area contributed by atoms with Crippen molar-refractivity contribution < 1.29 is 13.7 Å². The van der Waals surface area contributed by atoms with Gasteiger partial charge in [-0.05, 0) is 25.1 Å². The summed E-state index contributed by atoms with van der Waals surface area (Å²) in [7, 11) is 1.61. The van der Waals surface area contributed by atoms with E-state index in [1.54, 1.807) is 50.9 Å². The highest BCUT2D eigenvalue weighted by Crippen LogP contribution is 2.31. The number of benzene rings is 2. The van der Waals surface area contributed by atoms with Crippen molar-refractivity contribution in [2.75, 3.05) is 20.0 Å². The Labute approximate surface area is 159 Å². The molecule has 3 aromatic rings. The number of aryl methyl sites for hydroxylation is 1. The van der Waals surface area contributed by atoms with Crippen LogP contribution in [0.5, 0.6) is 11.5 Å². The van der Waals surface area contributed by atoms with Crippen molar-refractivity contribution >= 4 is 23.0 Å². The van der Waals surface area contributed by atoms with Gasteiger partial charge in [-0.25, -0.2) is 13.9 Å². The zero-order chi connectivity index (χ0) is 19.4. The van der Waals surface area contributed by atoms with Crippen LogP contribution in [-0.4, -0.2) is 34.3 Å². The molecule has 0 amide bonds. The summed E-state index contributed by atoms with van der Waals surface area (Å²) in [6.45, 7) is 1.83. The SMILES string of the molecule is COc1ccc(OC)c(S(=O)c2ccccc2C=Nn2cc(C)nc2N)c1. The van der Waals surface area contributed by atoms with Gasteiger partial charge < -0.3 is 15.2 Å². The van der Waals surface area contributed by atoms with Gasteiger partial charge in [0, 0.05) is 11.6 Å². The second kappa shape index (κ2) is 8.05. The van der Waals surface area contributed by atoms with Crippen LogP contribution in [0.1, 0.15) is 11.3 Å². The maximum atomic E-state index is 13.3. The summed E-state index contributed by atoms with van der Waals surface area (Å²) in [5, 5.41) is 4.32. The average Bonchev–Trinajstić information content (AvgIpc) is 3.02. The van der Waals surface area contributed by atoms with Crippen molar-refractivity contribution in [2.45, 2.75) is 16.7 Å². The number of aromatic nitrogens is 2. The zero-order valence-corrected chi connectivity index (χ0v) is 16.1. The Kier molecular flexibility index (Phi) is 5.56. The van der Waals surface area contributed by atoms with E-state index in [1.807, 2.05) is 25.1 Å². The summed E-state index contributed by atoms with van der Waals surface area (Å²) in [4.78, 5) is 5.23. The van der Waals surface area contributed by atoms with E-state index < -0.39 is 10.8 Å². The lowest BCUT2D eigenvalue weighted by Crippen LogP contribution is -2.02. The van der Waals surface area contributed by atoms with Crippen LogP contribution in [0.25, 0.3) is 0 Å². The fourth-order valence-corrected chi connectivity index (χ4v) is 3.86. The lowest BCUT2D eigenvalue weighted by atomic mass is 10.2. The van der Waals surface area contributed by atoms with Crippen molar-refractivity contribution in [3.05, 3.63) is 59.9 Å². The van der Waals surface area contributed by atoms with Crippen LogP contribution in [0.3, 0.4) is 0 Å². The highest BCUT2D eigenvalue weighted by atomic mass is 32.2. The largest absolute Gasteiger partial charge is 0.497 e. The molecular weight excluding hydrogens is 364 g/mol. The summed E-state index contributed by atoms with van der Waals surface area (Å²) in [5.74, 6) is 1.42. The molecule has 0 aliphatic carbocycles. The van der Waals surface area contributed by atoms with Crippen LogP contribution in [0.2, 0.25) is 0 Å². The smallest absolute Gasteiger partial charge is 0.221 e. The van der Waals surface area contributed by atoms with Gasteiger partial charge in [-0.1, -0.05) is 18.2 Å². The summed E-state index contributed by atoms with van der Waals surface area (Å²) in [6, 6.07) is 12.5. The Bertz CT molecular complexity index is 1010. The van der Waals surface area contributed by atoms with Gasteiger partial charge in [0.25, 0.3) is 0 Å². The van der Waals surface area contributed by atoms with E-state index in [0.29, 0.717) is 26.9 Å². The predicted octanol–water partition coefficient (Wildman–Crippen LogP) is 2.84. The lowest BCUT2D eigenvalue weighted by Gasteiger charge is -2.11. The topological polar surface area (TPSA) is 91.7 Å². The second-order valence-corrected chi connectivity index (χ2v) is 7.07. The fourth-order valence-electron chi connectivity index (χ4n) is 2.52. The lowest BCUT2D eigenvalue weighted by molar-refractivity contribution is 0.393. The number of hydrogen-bond acceptors (Lipinski definition) is 6. The highest BCUT2D eigenvalue weighted by Gasteiger charge is 2.16. The maximum Gasteiger partial charge on any atom is 0.221 e. The summed E-state index contributed by atoms with van der Waals surface area (Å²) < 4.78 is 25.4. The first kappa shape index (κ1) is 18.7. The number of ether oxygens (including phenoxy) is 2. The number of nitrogens with two attached hydrogens (primary N) is 1. The molecule has 0 radical (unpaired) electrons. The molecule has 2 N–H and O–H groups in total. The molecule has 0 bridgehead atoms. The van der Waals surface area contributed by atoms with Gasteiger partial charge >= 0.3 is 0 Å². The van der Waals surface area contributed by atoms with Crippen LogP contribution < -0.4 is 15.2 Å². The predicted molar refractivity (Wildman–Crippen MR) is 105 cm³/mol. The molecule has 1 aromatic heterocycles. The van der Waals surface area contributed by atoms with Gasteiger partial charge in [0.05, 0.1) is 52.9 Å². The molecule has 0 saturated carbocycles. The second-order valence-electron chi connectivity index (χ2n) is 5.65. The van der Waals surface area contributed by atoms with Crippen LogP contribution in [-0.2, 0) is 10.8 Å². The molecule has 0 spiro atoms. The Morgan fingerprint density at radius 2 is 1.93 bits per heavy atom. The quantitative estimate of drug-likeness (QED) is 0.660. The number of methoxy groups -OCH3 is 2. The van der Waals surface area contributed by atoms with Gasteiger partial charge in [-0.15, -0.1) is 0 Å². The van der Waals surface area contributed by atoms with E-state index in [9.17, 15) is 4.21 Å². The standard InChI is InChI=1S/C19H20N4O3S/c1-13-12-23(19(20)22-13)21-11-14-6-4-5-7-17(14)27(24)18-10-15(25-2)8-9-16(18)26-3/h4-12H,1-3H3,(H2,20,22). The van der Waals surface area contributed by atoms with E-state index in [2.05, 4.69) is 10.1 Å². The number of anilines is 1. The Morgan fingerprint density at radius 1 is 1.15 bits per heavy atom. The third kappa shape index (κ3) is 4.01. The molecule has 7 nitrogen and oxygen atoms in total. The molecule has 1 heterocycles. The molecule has 0 saturated heterocycles. The highest BCUT2D eigenvalue weighted by molar-refractivity contribution is 7.85. The summed E-state index contributed by atoms with van der Waals surface area (Å²) >= 11 is 0. The molecule has 3 rings (SSSR count). The Balaban J connectivity index is 2.01. The van der Waals surface area contributed by atoms with Crippen LogP contribution in [0.15, 0.2) is 63.6 Å². The Hall–Kier alpha value is -3.13. The van der Waals surface area contributed by atoms with Gasteiger partial charge in [0.1, 0.15) is 11.5 Å². The van der Waals surface area contributed by atoms with E-state index in [-0.39, 0.29) is 5.95 Å². The first-order chi connectivity index (χ1) is 13.0. The van der Waals surface area contributed by atoms with E-state index in [4.69, 9.17) is 15.2 Å². The third-order valence-electron chi connectivity index (χ3n) is 3.85. The first-order valence-electron chi connectivity index (χ1n) is 8.12. The number of rotatable bonds is 6. The zero-order valence-electron chi connectivity index (χ0n) is 15.2. The Morgan fingerprint density at radius 3 is 2.59 bits per heavy atom. The normalized spacial score (nSPS) is 12.3. The van der Waals surface area contributed by atoms with Gasteiger partial charge in [0.2, 0.25) is 5.95 Å². The minimum Gasteiger partial charge on any atom is -0.497 e. The van der Waals surface area contributed by atoms with Gasteiger partial charge in [0.15, 0.2) is 0 Å². The number of hydrogen-bond donors (Lipinski definition) is 1. The molecule has 1 unspecified atom stereocenters. The van der Waals surface area contributed by atoms with Crippen molar-refractivity contribution in [1.82, 2.24) is 9.66 Å². The van der Waals surface area contributed by atoms with E-state index >= 15 is 0 Å². The van der Waals surface area contributed by atoms with Crippen molar-refractivity contribution in [3.8, 4) is 11.5 Å². The van der Waals surface area contributed by atoms with Crippen LogP contribution in [0, 0.1) is 6.92 Å². The maximum absolute atomic E-state index is 13.3. The summed E-state index contributed by atoms with van der Waals surface area (Å²) in [6.07, 6.45) is 3.33. The molecule has 0 fully saturated rings. The monoisotopic (exact) mass is 384 g/mol. The van der Waals surface area contributed by atoms with E-state index in [1.165, 1.54) is 4.68 Å². The minimum absolute atomic E-state index is 0.289. The molecule has 0 aliphatic rings. The molecule has 8 heteroatoms. The van der Waals surface area contributed by atoms with E-state index in [0.717, 1.165) is 5.69 Å². The van der Waals surface area contributed by atoms with Gasteiger partial charge in [-0.2, -0.15) is 5.10 Å². The van der Waals surface area contributed by atoms with Crippen LogP contribution in [0.4, 0.5) is 5.95 Å². The molecule has 27 heavy (non-hydrogen) atoms.